The van der Waals surface area contributed by atoms with Crippen LogP contribution >= 0.6 is 0 Å². The first kappa shape index (κ1) is 20.7. The van der Waals surface area contributed by atoms with Gasteiger partial charge in [-0.05, 0) is 43.3 Å². The third kappa shape index (κ3) is 4.29. The fourth-order valence-electron chi connectivity index (χ4n) is 3.53. The van der Waals surface area contributed by atoms with Crippen LogP contribution in [0.2, 0.25) is 0 Å². The predicted octanol–water partition coefficient (Wildman–Crippen LogP) is 5.20. The number of hydrogen-bond donors (Lipinski definition) is 7. The van der Waals surface area contributed by atoms with Crippen LogP contribution < -0.4 is 0 Å². The molecule has 0 bridgehead atoms. The zero-order valence-corrected chi connectivity index (χ0v) is 18.4. The molecule has 0 spiro atoms. The van der Waals surface area contributed by atoms with Crippen LogP contribution in [0.5, 0.6) is 0 Å². The van der Waals surface area contributed by atoms with Gasteiger partial charge in [-0.2, -0.15) is 8.42 Å². The highest BCUT2D eigenvalue weighted by atomic mass is 32.2. The molecule has 3 aromatic carbocycles. The fraction of sp³-hybridized carbons (Fsp3) is 0.0435. The van der Waals surface area contributed by atoms with Crippen molar-refractivity contribution in [2.75, 3.05) is 0 Å². The molecule has 7 N–H and O–H groups in total. The van der Waals surface area contributed by atoms with Gasteiger partial charge in [0, 0.05) is 0 Å². The van der Waals surface area contributed by atoms with Gasteiger partial charge in [0.05, 0.1) is 27.0 Å². The second-order valence-corrected chi connectivity index (χ2v) is 9.05. The average molecular weight is 463 g/mol. The Balaban J connectivity index is 0.000000177. The van der Waals surface area contributed by atoms with Crippen molar-refractivity contribution in [3.05, 3.63) is 78.4 Å². The van der Waals surface area contributed by atoms with Crippen LogP contribution in [-0.4, -0.2) is 42.9 Å². The van der Waals surface area contributed by atoms with Crippen LogP contribution in [0.4, 0.5) is 0 Å². The van der Waals surface area contributed by atoms with Crippen molar-refractivity contribution in [1.82, 2.24) is 29.9 Å². The summed E-state index contributed by atoms with van der Waals surface area (Å²) in [6, 6.07) is 22.2. The Morgan fingerprint density at radius 1 is 0.545 bits per heavy atom. The van der Waals surface area contributed by atoms with E-state index in [2.05, 4.69) is 29.9 Å². The molecule has 0 amide bonds. The Hall–Kier alpha value is -4.15. The topological polar surface area (TPSA) is 149 Å². The van der Waals surface area contributed by atoms with Crippen LogP contribution in [0.25, 0.3) is 44.7 Å². The molecule has 6 aromatic rings. The number of hydrogen-bond acceptors (Lipinski definition) is 2. The van der Waals surface area contributed by atoms with Gasteiger partial charge in [0.1, 0.15) is 0 Å². The van der Waals surface area contributed by atoms with Crippen molar-refractivity contribution in [1.29, 1.82) is 0 Å². The van der Waals surface area contributed by atoms with E-state index >= 15 is 0 Å². The molecule has 0 saturated carbocycles. The van der Waals surface area contributed by atoms with Crippen molar-refractivity contribution in [3.63, 3.8) is 0 Å². The number of fused-ring (bicyclic) bond motifs is 4. The molecule has 0 aliphatic carbocycles. The number of aromatic amines is 6. The minimum atomic E-state index is -4.02. The molecule has 3 heterocycles. The third-order valence-electron chi connectivity index (χ3n) is 5.21. The van der Waals surface area contributed by atoms with Gasteiger partial charge in [-0.15, -0.1) is 0 Å². The van der Waals surface area contributed by atoms with Crippen LogP contribution in [-0.2, 0) is 10.1 Å². The summed E-state index contributed by atoms with van der Waals surface area (Å²) in [7, 11) is -4.02. The summed E-state index contributed by atoms with van der Waals surface area (Å²) in [6.45, 7) is 1.84. The lowest BCUT2D eigenvalue weighted by Crippen LogP contribution is -1.98. The highest BCUT2D eigenvalue weighted by Gasteiger charge is 2.07. The highest BCUT2D eigenvalue weighted by molar-refractivity contribution is 7.85. The molecule has 0 aliphatic rings. The Morgan fingerprint density at radius 2 is 0.879 bits per heavy atom. The van der Waals surface area contributed by atoms with Gasteiger partial charge in [-0.3, -0.25) is 4.55 Å². The number of benzene rings is 3. The molecule has 168 valence electrons. The maximum Gasteiger partial charge on any atom is 0.294 e. The van der Waals surface area contributed by atoms with Crippen molar-refractivity contribution in [2.24, 2.45) is 0 Å². The average Bonchev–Trinajstić information content (AvgIpc) is 2.80. The lowest BCUT2D eigenvalue weighted by atomic mass is 10.2. The molecule has 0 saturated heterocycles. The maximum absolute atomic E-state index is 10.5. The first-order valence-electron chi connectivity index (χ1n) is 10.2. The van der Waals surface area contributed by atoms with E-state index in [1.54, 1.807) is 12.1 Å². The smallest absolute Gasteiger partial charge is 0.294 e. The first-order chi connectivity index (χ1) is 15.9. The van der Waals surface area contributed by atoms with E-state index in [-0.39, 0.29) is 4.90 Å². The van der Waals surface area contributed by atoms with Crippen LogP contribution in [0.1, 0.15) is 5.56 Å². The molecule has 3 aromatic heterocycles. The zero-order chi connectivity index (χ0) is 23.0. The van der Waals surface area contributed by atoms with E-state index in [4.69, 9.17) is 4.55 Å². The number of rotatable bonds is 1. The summed E-state index contributed by atoms with van der Waals surface area (Å²) in [5.41, 5.74) is 8.71. The Labute approximate surface area is 188 Å². The number of aromatic nitrogens is 6. The molecule has 10 heteroatoms. The Morgan fingerprint density at radius 3 is 1.18 bits per heavy atom. The Kier molecular flexibility index (Phi) is 5.08. The monoisotopic (exact) mass is 462 g/mol. The maximum atomic E-state index is 10.5. The van der Waals surface area contributed by atoms with Crippen molar-refractivity contribution in [3.8, 4) is 0 Å². The molecule has 0 unspecified atom stereocenters. The molecule has 0 aliphatic heterocycles. The van der Waals surface area contributed by atoms with Crippen LogP contribution in [0.15, 0.2) is 77.7 Å². The van der Waals surface area contributed by atoms with Gasteiger partial charge in [0.25, 0.3) is 10.1 Å². The SMILES string of the molecule is Cc1ccc(S(=O)(=O)O)cc1.c1ccc2[nH]c3[nH]c4[nH]c5ccccc5[nH]c4[nH]c3[nH]c2c1. The van der Waals surface area contributed by atoms with E-state index in [1.807, 2.05) is 55.5 Å². The van der Waals surface area contributed by atoms with Gasteiger partial charge in [-0.1, -0.05) is 42.0 Å². The normalized spacial score (nSPS) is 11.6. The van der Waals surface area contributed by atoms with E-state index in [0.717, 1.165) is 50.2 Å². The lowest BCUT2D eigenvalue weighted by molar-refractivity contribution is 0.483. The van der Waals surface area contributed by atoms with Gasteiger partial charge in [0.2, 0.25) is 0 Å². The summed E-state index contributed by atoms with van der Waals surface area (Å²) in [4.78, 5) is 20.3. The van der Waals surface area contributed by atoms with Crippen molar-refractivity contribution < 1.29 is 13.0 Å². The summed E-state index contributed by atoms with van der Waals surface area (Å²) in [6.07, 6.45) is 0. The van der Waals surface area contributed by atoms with Crippen molar-refractivity contribution in [2.45, 2.75) is 11.8 Å². The number of aryl methyl sites for hydroxylation is 1. The van der Waals surface area contributed by atoms with Crippen LogP contribution in [0.3, 0.4) is 0 Å². The highest BCUT2D eigenvalue weighted by Crippen LogP contribution is 2.17. The molecule has 6 rings (SSSR count). The molecule has 33 heavy (non-hydrogen) atoms. The summed E-state index contributed by atoms with van der Waals surface area (Å²) >= 11 is 0. The molecular formula is C23H22N6O3S. The minimum Gasteiger partial charge on any atom is -0.337 e. The number of para-hydroxylation sites is 4. The second kappa shape index (κ2) is 8.08. The van der Waals surface area contributed by atoms with Crippen LogP contribution in [0, 0.1) is 6.92 Å². The summed E-state index contributed by atoms with van der Waals surface area (Å²) in [5, 5.41) is 0. The van der Waals surface area contributed by atoms with Gasteiger partial charge in [-0.25, -0.2) is 0 Å². The van der Waals surface area contributed by atoms with E-state index < -0.39 is 10.1 Å². The Bertz CT molecular complexity index is 1570. The van der Waals surface area contributed by atoms with Gasteiger partial charge >= 0.3 is 0 Å². The third-order valence-corrected chi connectivity index (χ3v) is 6.08. The van der Waals surface area contributed by atoms with Gasteiger partial charge < -0.3 is 29.9 Å². The summed E-state index contributed by atoms with van der Waals surface area (Å²) in [5.74, 6) is 0. The summed E-state index contributed by atoms with van der Waals surface area (Å²) < 4.78 is 29.6. The van der Waals surface area contributed by atoms with Gasteiger partial charge in [0.15, 0.2) is 22.6 Å². The second-order valence-electron chi connectivity index (χ2n) is 7.63. The molecule has 0 atom stereocenters. The number of nitrogens with one attached hydrogen (secondary N) is 6. The molecule has 0 fully saturated rings. The van der Waals surface area contributed by atoms with E-state index in [1.165, 1.54) is 12.1 Å². The molecular weight excluding hydrogens is 440 g/mol. The molecule has 9 nitrogen and oxygen atoms in total. The zero-order valence-electron chi connectivity index (χ0n) is 17.6. The van der Waals surface area contributed by atoms with Crippen molar-refractivity contribution >= 4 is 54.8 Å². The fourth-order valence-corrected chi connectivity index (χ4v) is 4.01. The largest absolute Gasteiger partial charge is 0.337 e. The predicted molar refractivity (Wildman–Crippen MR) is 130 cm³/mol. The van der Waals surface area contributed by atoms with E-state index in [9.17, 15) is 8.42 Å². The quantitative estimate of drug-likeness (QED) is 0.133. The van der Waals surface area contributed by atoms with E-state index in [0.29, 0.717) is 0 Å². The minimum absolute atomic E-state index is 0.0666. The number of H-pyrrole nitrogens is 6. The standard InChI is InChI=1S/C16H14N6.C7H8O3S/c1-2-6-10-9(5-1)17-13-14(18-10)22-16-15(21-13)19-11-7-3-4-8-12(11)20-16;1-6-2-4-7(5-3-6)11(8,9)10/h1-8,17-22H;2-5H,1H3,(H,8,9,10). The lowest BCUT2D eigenvalue weighted by Gasteiger charge is -2.09. The molecule has 0 radical (unpaired) electrons. The first-order valence-corrected chi connectivity index (χ1v) is 11.6.